The number of nitrogens with zero attached hydrogens (tertiary/aromatic N) is 3. The standard InChI is InChI=1S/C16H19N5O/c1-3-11(2)8-15(22)19-13-4-6-14(7-5-13)21-10-12(9-17)16(18)20-21/h4-7,10-11H,3,8H2,1-2H3,(H2,18,20)(H,19,22)/t11-/m1/s1. The molecule has 2 aromatic rings. The molecular weight excluding hydrogens is 278 g/mol. The largest absolute Gasteiger partial charge is 0.381 e. The van der Waals surface area contributed by atoms with Crippen LogP contribution in [0.1, 0.15) is 32.3 Å². The monoisotopic (exact) mass is 297 g/mol. The highest BCUT2D eigenvalue weighted by molar-refractivity contribution is 5.90. The predicted molar refractivity (Wildman–Crippen MR) is 85.4 cm³/mol. The van der Waals surface area contributed by atoms with Gasteiger partial charge < -0.3 is 11.1 Å². The summed E-state index contributed by atoms with van der Waals surface area (Å²) in [4.78, 5) is 11.8. The number of aromatic nitrogens is 2. The Labute approximate surface area is 129 Å². The van der Waals surface area contributed by atoms with Gasteiger partial charge in [0.25, 0.3) is 0 Å². The number of carbonyl (C=O) groups excluding carboxylic acids is 1. The SMILES string of the molecule is CC[C@@H](C)CC(=O)Nc1ccc(-n2cc(C#N)c(N)n2)cc1. The Morgan fingerprint density at radius 2 is 2.14 bits per heavy atom. The zero-order valence-corrected chi connectivity index (χ0v) is 12.7. The Morgan fingerprint density at radius 1 is 1.45 bits per heavy atom. The molecule has 0 aliphatic heterocycles. The van der Waals surface area contributed by atoms with Crippen LogP contribution in [0.5, 0.6) is 0 Å². The van der Waals surface area contributed by atoms with E-state index in [0.717, 1.165) is 17.8 Å². The summed E-state index contributed by atoms with van der Waals surface area (Å²) in [5.74, 6) is 0.585. The lowest BCUT2D eigenvalue weighted by Gasteiger charge is -2.09. The molecule has 0 saturated heterocycles. The Morgan fingerprint density at radius 3 is 2.68 bits per heavy atom. The molecule has 1 heterocycles. The van der Waals surface area contributed by atoms with E-state index < -0.39 is 0 Å². The van der Waals surface area contributed by atoms with Gasteiger partial charge in [0, 0.05) is 12.1 Å². The average molecular weight is 297 g/mol. The lowest BCUT2D eigenvalue weighted by Crippen LogP contribution is -2.14. The lowest BCUT2D eigenvalue weighted by molar-refractivity contribution is -0.117. The Bertz CT molecular complexity index is 696. The molecule has 0 bridgehead atoms. The molecule has 0 fully saturated rings. The third kappa shape index (κ3) is 3.64. The molecule has 0 spiro atoms. The minimum Gasteiger partial charge on any atom is -0.381 e. The number of nitrogens with two attached hydrogens (primary N) is 1. The van der Waals surface area contributed by atoms with Crippen LogP contribution in [0.4, 0.5) is 11.5 Å². The summed E-state index contributed by atoms with van der Waals surface area (Å²) in [6.45, 7) is 4.12. The number of benzene rings is 1. The summed E-state index contributed by atoms with van der Waals surface area (Å²) in [7, 11) is 0. The van der Waals surface area contributed by atoms with Crippen molar-refractivity contribution in [2.45, 2.75) is 26.7 Å². The fraction of sp³-hybridized carbons (Fsp3) is 0.312. The number of hydrogen-bond acceptors (Lipinski definition) is 4. The molecule has 6 nitrogen and oxygen atoms in total. The molecule has 22 heavy (non-hydrogen) atoms. The van der Waals surface area contributed by atoms with E-state index in [2.05, 4.69) is 24.3 Å². The van der Waals surface area contributed by atoms with Crippen LogP contribution < -0.4 is 11.1 Å². The van der Waals surface area contributed by atoms with Crippen LogP contribution in [0.2, 0.25) is 0 Å². The van der Waals surface area contributed by atoms with Crippen molar-refractivity contribution in [1.82, 2.24) is 9.78 Å². The minimum atomic E-state index is 0.0113. The smallest absolute Gasteiger partial charge is 0.224 e. The Hall–Kier alpha value is -2.81. The fourth-order valence-corrected chi connectivity index (χ4v) is 1.98. The number of nitrogens with one attached hydrogen (secondary N) is 1. The van der Waals surface area contributed by atoms with Crippen molar-refractivity contribution in [3.8, 4) is 11.8 Å². The molecule has 1 aromatic heterocycles. The van der Waals surface area contributed by atoms with Gasteiger partial charge in [0.15, 0.2) is 5.82 Å². The number of hydrogen-bond donors (Lipinski definition) is 2. The van der Waals surface area contributed by atoms with Crippen LogP contribution in [0.3, 0.4) is 0 Å². The maximum Gasteiger partial charge on any atom is 0.224 e. The first-order valence-electron chi connectivity index (χ1n) is 7.19. The summed E-state index contributed by atoms with van der Waals surface area (Å²) in [6, 6.07) is 9.20. The summed E-state index contributed by atoms with van der Waals surface area (Å²) in [5, 5.41) is 15.8. The van der Waals surface area contributed by atoms with E-state index in [-0.39, 0.29) is 11.7 Å². The number of anilines is 2. The van der Waals surface area contributed by atoms with Gasteiger partial charge in [-0.2, -0.15) is 5.26 Å². The molecule has 2 rings (SSSR count). The van der Waals surface area contributed by atoms with Crippen LogP contribution >= 0.6 is 0 Å². The van der Waals surface area contributed by atoms with Crippen LogP contribution in [0, 0.1) is 17.2 Å². The summed E-state index contributed by atoms with van der Waals surface area (Å²) in [5.41, 5.74) is 7.48. The third-order valence-electron chi connectivity index (χ3n) is 3.51. The predicted octanol–water partition coefficient (Wildman–Crippen LogP) is 2.70. The normalized spacial score (nSPS) is 11.7. The van der Waals surface area contributed by atoms with E-state index in [9.17, 15) is 4.79 Å². The molecular formula is C16H19N5O. The zero-order valence-electron chi connectivity index (χ0n) is 12.7. The number of nitrogen functional groups attached to an aromatic ring is 1. The van der Waals surface area contributed by atoms with Gasteiger partial charge in [-0.3, -0.25) is 4.79 Å². The quantitative estimate of drug-likeness (QED) is 0.886. The van der Waals surface area contributed by atoms with Crippen molar-refractivity contribution < 1.29 is 4.79 Å². The molecule has 0 unspecified atom stereocenters. The minimum absolute atomic E-state index is 0.0113. The van der Waals surface area contributed by atoms with Gasteiger partial charge in [-0.25, -0.2) is 4.68 Å². The topological polar surface area (TPSA) is 96.7 Å². The third-order valence-corrected chi connectivity index (χ3v) is 3.51. The molecule has 0 aliphatic carbocycles. The molecule has 1 amide bonds. The average Bonchev–Trinajstić information content (AvgIpc) is 2.88. The first-order chi connectivity index (χ1) is 10.5. The van der Waals surface area contributed by atoms with Gasteiger partial charge in [-0.05, 0) is 30.2 Å². The second-order valence-electron chi connectivity index (χ2n) is 5.30. The van der Waals surface area contributed by atoms with Gasteiger partial charge in [-0.1, -0.05) is 20.3 Å². The number of carbonyl (C=O) groups is 1. The van der Waals surface area contributed by atoms with Crippen molar-refractivity contribution >= 4 is 17.4 Å². The fourth-order valence-electron chi connectivity index (χ4n) is 1.98. The van der Waals surface area contributed by atoms with Gasteiger partial charge >= 0.3 is 0 Å². The highest BCUT2D eigenvalue weighted by Crippen LogP contribution is 2.17. The first-order valence-corrected chi connectivity index (χ1v) is 7.19. The van der Waals surface area contributed by atoms with Crippen molar-refractivity contribution in [3.63, 3.8) is 0 Å². The summed E-state index contributed by atoms with van der Waals surface area (Å²) in [6.07, 6.45) is 3.07. The summed E-state index contributed by atoms with van der Waals surface area (Å²) >= 11 is 0. The second-order valence-corrected chi connectivity index (χ2v) is 5.30. The van der Waals surface area contributed by atoms with Crippen molar-refractivity contribution in [1.29, 1.82) is 5.26 Å². The van der Waals surface area contributed by atoms with Crippen LogP contribution in [-0.4, -0.2) is 15.7 Å². The van der Waals surface area contributed by atoms with Crippen molar-refractivity contribution in [3.05, 3.63) is 36.0 Å². The maximum atomic E-state index is 11.8. The highest BCUT2D eigenvalue weighted by Gasteiger charge is 2.09. The van der Waals surface area contributed by atoms with Gasteiger partial charge in [0.1, 0.15) is 11.6 Å². The molecule has 1 aromatic carbocycles. The van der Waals surface area contributed by atoms with E-state index in [1.807, 2.05) is 18.2 Å². The van der Waals surface area contributed by atoms with Crippen LogP contribution in [0.25, 0.3) is 5.69 Å². The maximum absolute atomic E-state index is 11.8. The second kappa shape index (κ2) is 6.76. The molecule has 3 N–H and O–H groups in total. The molecule has 1 atom stereocenters. The van der Waals surface area contributed by atoms with E-state index in [0.29, 0.717) is 17.9 Å². The van der Waals surface area contributed by atoms with E-state index in [1.54, 1.807) is 23.0 Å². The molecule has 0 saturated carbocycles. The van der Waals surface area contributed by atoms with Crippen LogP contribution in [-0.2, 0) is 4.79 Å². The molecule has 0 radical (unpaired) electrons. The van der Waals surface area contributed by atoms with Crippen molar-refractivity contribution in [2.75, 3.05) is 11.1 Å². The van der Waals surface area contributed by atoms with Gasteiger partial charge in [0.2, 0.25) is 5.91 Å². The van der Waals surface area contributed by atoms with E-state index in [4.69, 9.17) is 11.0 Å². The van der Waals surface area contributed by atoms with E-state index >= 15 is 0 Å². The number of amides is 1. The summed E-state index contributed by atoms with van der Waals surface area (Å²) < 4.78 is 1.54. The number of nitriles is 1. The lowest BCUT2D eigenvalue weighted by atomic mass is 10.1. The molecule has 114 valence electrons. The van der Waals surface area contributed by atoms with Crippen LogP contribution in [0.15, 0.2) is 30.5 Å². The van der Waals surface area contributed by atoms with Crippen molar-refractivity contribution in [2.24, 2.45) is 5.92 Å². The highest BCUT2D eigenvalue weighted by atomic mass is 16.1. The van der Waals surface area contributed by atoms with E-state index in [1.165, 1.54) is 0 Å². The Kier molecular flexibility index (Phi) is 4.79. The Balaban J connectivity index is 2.07. The number of rotatable bonds is 5. The van der Waals surface area contributed by atoms with Gasteiger partial charge in [-0.15, -0.1) is 5.10 Å². The zero-order chi connectivity index (χ0) is 16.1. The first kappa shape index (κ1) is 15.6. The molecule has 6 heteroatoms. The molecule has 0 aliphatic rings. The van der Waals surface area contributed by atoms with Gasteiger partial charge in [0.05, 0.1) is 11.9 Å².